The molecule has 0 saturated heterocycles. The number of furan rings is 1. The van der Waals surface area contributed by atoms with Crippen LogP contribution >= 0.6 is 11.3 Å². The van der Waals surface area contributed by atoms with E-state index in [1.165, 1.54) is 17.6 Å². The van der Waals surface area contributed by atoms with Gasteiger partial charge in [0.25, 0.3) is 5.89 Å². The maximum absolute atomic E-state index is 12.5. The molecular formula is C18H17N3O6S. The third-order valence-corrected chi connectivity index (χ3v) is 5.49. The number of carbonyl (C=O) groups is 2. The maximum Gasteiger partial charge on any atom is 0.437 e. The molecule has 0 aromatic carbocycles. The molecule has 0 aliphatic heterocycles. The second kappa shape index (κ2) is 7.47. The average molecular weight is 403 g/mol. The molecule has 146 valence electrons. The summed E-state index contributed by atoms with van der Waals surface area (Å²) in [5, 5.41) is 7.12. The van der Waals surface area contributed by atoms with Gasteiger partial charge in [0.15, 0.2) is 5.76 Å². The van der Waals surface area contributed by atoms with Gasteiger partial charge in [-0.2, -0.15) is 4.68 Å². The van der Waals surface area contributed by atoms with Crippen molar-refractivity contribution in [1.29, 1.82) is 0 Å². The third kappa shape index (κ3) is 3.38. The van der Waals surface area contributed by atoms with Gasteiger partial charge in [-0.25, -0.2) is 9.59 Å². The summed E-state index contributed by atoms with van der Waals surface area (Å²) >= 11 is 1.37. The van der Waals surface area contributed by atoms with E-state index in [0.29, 0.717) is 10.6 Å². The molecule has 0 saturated carbocycles. The first-order chi connectivity index (χ1) is 13.6. The Hall–Kier alpha value is -3.14. The maximum atomic E-state index is 12.5. The summed E-state index contributed by atoms with van der Waals surface area (Å²) in [5.74, 6) is -1.44. The molecule has 0 unspecified atom stereocenters. The van der Waals surface area contributed by atoms with Crippen LogP contribution in [0.4, 0.5) is 5.00 Å². The average Bonchev–Trinajstić information content (AvgIpc) is 3.40. The van der Waals surface area contributed by atoms with E-state index >= 15 is 0 Å². The van der Waals surface area contributed by atoms with E-state index in [4.69, 9.17) is 13.6 Å². The molecule has 1 N–H and O–H groups in total. The molecule has 1 amide bonds. The molecule has 0 bridgehead atoms. The van der Waals surface area contributed by atoms with E-state index in [2.05, 4.69) is 10.4 Å². The predicted octanol–water partition coefficient (Wildman–Crippen LogP) is 2.46. The minimum absolute atomic E-state index is 0.00915. The Morgan fingerprint density at radius 1 is 1.39 bits per heavy atom. The molecule has 1 aliphatic rings. The Labute approximate surface area is 162 Å². The Bertz CT molecular complexity index is 1080. The minimum atomic E-state index is -0.777. The molecule has 10 heteroatoms. The van der Waals surface area contributed by atoms with Crippen molar-refractivity contribution in [2.24, 2.45) is 0 Å². The van der Waals surface area contributed by atoms with Gasteiger partial charge in [-0.3, -0.25) is 4.79 Å². The van der Waals surface area contributed by atoms with E-state index < -0.39 is 17.6 Å². The van der Waals surface area contributed by atoms with Crippen LogP contribution in [0.3, 0.4) is 0 Å². The monoisotopic (exact) mass is 403 g/mol. The number of hydrogen-bond acceptors (Lipinski definition) is 8. The molecule has 0 radical (unpaired) electrons. The first kappa shape index (κ1) is 18.2. The lowest BCUT2D eigenvalue weighted by molar-refractivity contribution is -0.117. The highest BCUT2D eigenvalue weighted by atomic mass is 32.1. The molecule has 1 aliphatic carbocycles. The van der Waals surface area contributed by atoms with Crippen LogP contribution in [0.5, 0.6) is 0 Å². The Kier molecular flexibility index (Phi) is 4.86. The summed E-state index contributed by atoms with van der Waals surface area (Å²) in [6.45, 7) is 1.63. The van der Waals surface area contributed by atoms with Crippen molar-refractivity contribution >= 4 is 28.2 Å². The smallest absolute Gasteiger partial charge is 0.437 e. The molecule has 28 heavy (non-hydrogen) atoms. The first-order valence-electron chi connectivity index (χ1n) is 8.80. The molecule has 0 fully saturated rings. The van der Waals surface area contributed by atoms with E-state index in [0.717, 1.165) is 34.4 Å². The Morgan fingerprint density at radius 3 is 3.00 bits per heavy atom. The molecule has 9 nitrogen and oxygen atoms in total. The van der Waals surface area contributed by atoms with Crippen molar-refractivity contribution < 1.29 is 23.2 Å². The molecule has 4 rings (SSSR count). The molecule has 3 aromatic rings. The van der Waals surface area contributed by atoms with Gasteiger partial charge >= 0.3 is 11.7 Å². The van der Waals surface area contributed by atoms with Crippen LogP contribution in [0, 0.1) is 0 Å². The number of aryl methyl sites for hydroxylation is 1. The lowest BCUT2D eigenvalue weighted by Gasteiger charge is -2.07. The number of anilines is 1. The van der Waals surface area contributed by atoms with Gasteiger partial charge in [0, 0.05) is 4.88 Å². The zero-order chi connectivity index (χ0) is 19.7. The highest BCUT2D eigenvalue weighted by Crippen LogP contribution is 2.39. The summed E-state index contributed by atoms with van der Waals surface area (Å²) in [7, 11) is 0. The van der Waals surface area contributed by atoms with E-state index in [1.807, 2.05) is 0 Å². The van der Waals surface area contributed by atoms with Gasteiger partial charge in [0.05, 0.1) is 18.4 Å². The zero-order valence-corrected chi connectivity index (χ0v) is 15.8. The van der Waals surface area contributed by atoms with Crippen LogP contribution in [-0.4, -0.2) is 28.3 Å². The molecule has 0 atom stereocenters. The Balaban J connectivity index is 1.54. The van der Waals surface area contributed by atoms with Crippen LogP contribution in [0.15, 0.2) is 32.0 Å². The predicted molar refractivity (Wildman–Crippen MR) is 99.4 cm³/mol. The quantitative estimate of drug-likeness (QED) is 0.628. The summed E-state index contributed by atoms with van der Waals surface area (Å²) < 4.78 is 16.2. The van der Waals surface area contributed by atoms with Gasteiger partial charge < -0.3 is 18.9 Å². The van der Waals surface area contributed by atoms with E-state index in [1.54, 1.807) is 19.1 Å². The number of rotatable bonds is 6. The van der Waals surface area contributed by atoms with Crippen LogP contribution in [0.2, 0.25) is 0 Å². The number of hydrogen-bond donors (Lipinski definition) is 1. The normalized spacial score (nSPS) is 12.8. The number of carbonyl (C=O) groups excluding carboxylic acids is 2. The molecule has 3 heterocycles. The number of fused-ring (bicyclic) bond motifs is 1. The van der Waals surface area contributed by atoms with Crippen molar-refractivity contribution in [3.63, 3.8) is 0 Å². The number of nitrogens with zero attached hydrogens (tertiary/aromatic N) is 2. The van der Waals surface area contributed by atoms with Crippen molar-refractivity contribution in [3.8, 4) is 11.7 Å². The standard InChI is InChI=1S/C18H17N3O6S/c1-2-25-17(23)14-10-5-3-7-12(10)28-16(14)19-13(22)9-21-18(24)27-15(20-21)11-6-4-8-26-11/h4,6,8H,2-3,5,7,9H2,1H3,(H,19,22). The number of nitrogens with one attached hydrogen (secondary N) is 1. The van der Waals surface area contributed by atoms with Crippen LogP contribution in [0.25, 0.3) is 11.7 Å². The highest BCUT2D eigenvalue weighted by molar-refractivity contribution is 7.17. The lowest BCUT2D eigenvalue weighted by Crippen LogP contribution is -2.26. The van der Waals surface area contributed by atoms with Gasteiger partial charge in [-0.15, -0.1) is 16.4 Å². The fraction of sp³-hybridized carbons (Fsp3) is 0.333. The number of ether oxygens (including phenoxy) is 1. The second-order valence-corrected chi connectivity index (χ2v) is 7.24. The van der Waals surface area contributed by atoms with Crippen molar-refractivity contribution in [1.82, 2.24) is 9.78 Å². The first-order valence-corrected chi connectivity index (χ1v) is 9.61. The summed E-state index contributed by atoms with van der Waals surface area (Å²) in [6.07, 6.45) is 4.06. The second-order valence-electron chi connectivity index (χ2n) is 6.14. The van der Waals surface area contributed by atoms with Crippen LogP contribution in [0.1, 0.15) is 34.1 Å². The molecular weight excluding hydrogens is 386 g/mol. The lowest BCUT2D eigenvalue weighted by atomic mass is 10.1. The van der Waals surface area contributed by atoms with Crippen molar-refractivity contribution in [2.45, 2.75) is 32.7 Å². The fourth-order valence-electron chi connectivity index (χ4n) is 3.12. The van der Waals surface area contributed by atoms with E-state index in [-0.39, 0.29) is 24.8 Å². The largest absolute Gasteiger partial charge is 0.462 e. The number of esters is 1. The van der Waals surface area contributed by atoms with Gasteiger partial charge in [-0.05, 0) is 43.9 Å². The summed E-state index contributed by atoms with van der Waals surface area (Å²) in [5.41, 5.74) is 1.36. The van der Waals surface area contributed by atoms with E-state index in [9.17, 15) is 14.4 Å². The molecule has 3 aromatic heterocycles. The SMILES string of the molecule is CCOC(=O)c1c(NC(=O)Cn2nc(-c3ccco3)oc2=O)sc2c1CCC2. The van der Waals surface area contributed by atoms with Crippen LogP contribution < -0.4 is 11.1 Å². The summed E-state index contributed by atoms with van der Waals surface area (Å²) in [6, 6.07) is 3.22. The third-order valence-electron chi connectivity index (χ3n) is 4.29. The zero-order valence-electron chi connectivity index (χ0n) is 15.0. The van der Waals surface area contributed by atoms with Gasteiger partial charge in [-0.1, -0.05) is 0 Å². The van der Waals surface area contributed by atoms with Gasteiger partial charge in [0.2, 0.25) is 5.91 Å². The van der Waals surface area contributed by atoms with Crippen molar-refractivity contribution in [3.05, 3.63) is 45.0 Å². The highest BCUT2D eigenvalue weighted by Gasteiger charge is 2.28. The topological polar surface area (TPSA) is 117 Å². The Morgan fingerprint density at radius 2 is 2.25 bits per heavy atom. The summed E-state index contributed by atoms with van der Waals surface area (Å²) in [4.78, 5) is 37.8. The fourth-order valence-corrected chi connectivity index (χ4v) is 4.41. The minimum Gasteiger partial charge on any atom is -0.462 e. The number of aromatic nitrogens is 2. The molecule has 0 spiro atoms. The van der Waals surface area contributed by atoms with Crippen molar-refractivity contribution in [2.75, 3.05) is 11.9 Å². The van der Waals surface area contributed by atoms with Gasteiger partial charge in [0.1, 0.15) is 11.5 Å². The number of amides is 1. The number of thiophene rings is 1. The van der Waals surface area contributed by atoms with Crippen LogP contribution in [-0.2, 0) is 28.9 Å².